The highest BCUT2D eigenvalue weighted by molar-refractivity contribution is 5.94. The Morgan fingerprint density at radius 3 is 2.00 bits per heavy atom. The van der Waals surface area contributed by atoms with Gasteiger partial charge in [-0.3, -0.25) is 0 Å². The highest BCUT2D eigenvalue weighted by Crippen LogP contribution is 2.16. The van der Waals surface area contributed by atoms with E-state index in [4.69, 9.17) is 11.0 Å². The van der Waals surface area contributed by atoms with Crippen molar-refractivity contribution in [2.45, 2.75) is 6.54 Å². The van der Waals surface area contributed by atoms with Crippen LogP contribution in [0, 0.1) is 11.3 Å². The number of carbonyl (C=O) groups excluding carboxylic acids is 2. The van der Waals surface area contributed by atoms with E-state index in [0.717, 1.165) is 16.3 Å². The van der Waals surface area contributed by atoms with Crippen LogP contribution in [0.3, 0.4) is 0 Å². The largest absolute Gasteiger partial charge is 0.464 e. The molecule has 0 unspecified atom stereocenters. The quantitative estimate of drug-likeness (QED) is 0.436. The summed E-state index contributed by atoms with van der Waals surface area (Å²) in [7, 11) is 2.65. The van der Waals surface area contributed by atoms with Crippen LogP contribution in [-0.4, -0.2) is 46.1 Å². The van der Waals surface area contributed by atoms with Gasteiger partial charge in [0.15, 0.2) is 0 Å². The van der Waals surface area contributed by atoms with Crippen molar-refractivity contribution >= 4 is 34.0 Å². The van der Waals surface area contributed by atoms with Crippen molar-refractivity contribution in [2.75, 3.05) is 14.2 Å². The second kappa shape index (κ2) is 8.85. The molecule has 4 rings (SSSR count). The SMILES string of the molecule is COC(=O)c1cc2cc(C#N)cnc2[nH]1.COC(=O)c1cc2cc(CN)cnc2[nH]1. The number of methoxy groups -OCH3 is 2. The third kappa shape index (κ3) is 4.26. The molecule has 0 aliphatic rings. The summed E-state index contributed by atoms with van der Waals surface area (Å²) in [6.45, 7) is 0.432. The molecule has 10 nitrogen and oxygen atoms in total. The number of nitrogens with two attached hydrogens (primary N) is 1. The highest BCUT2D eigenvalue weighted by Gasteiger charge is 2.11. The van der Waals surface area contributed by atoms with E-state index in [-0.39, 0.29) is 0 Å². The molecule has 0 bridgehead atoms. The second-order valence-corrected chi connectivity index (χ2v) is 6.11. The number of H-pyrrole nitrogens is 2. The summed E-state index contributed by atoms with van der Waals surface area (Å²) in [4.78, 5) is 36.2. The van der Waals surface area contributed by atoms with Crippen LogP contribution in [0.5, 0.6) is 0 Å². The van der Waals surface area contributed by atoms with Gasteiger partial charge in [-0.1, -0.05) is 0 Å². The molecule has 0 aliphatic heterocycles. The molecule has 0 saturated carbocycles. The Morgan fingerprint density at radius 2 is 1.50 bits per heavy atom. The van der Waals surface area contributed by atoms with E-state index in [1.807, 2.05) is 12.1 Å². The first kappa shape index (κ1) is 20.5. The van der Waals surface area contributed by atoms with Crippen LogP contribution in [0.2, 0.25) is 0 Å². The van der Waals surface area contributed by atoms with Crippen LogP contribution in [0.4, 0.5) is 0 Å². The minimum atomic E-state index is -0.452. The lowest BCUT2D eigenvalue weighted by molar-refractivity contribution is 0.0586. The number of fused-ring (bicyclic) bond motifs is 2. The van der Waals surface area contributed by atoms with E-state index in [1.54, 1.807) is 24.4 Å². The number of pyridine rings is 2. The molecule has 152 valence electrons. The Balaban J connectivity index is 0.000000171. The number of hydrogen-bond donors (Lipinski definition) is 3. The van der Waals surface area contributed by atoms with Crippen LogP contribution < -0.4 is 5.73 Å². The Labute approximate surface area is 170 Å². The number of nitriles is 1. The fourth-order valence-corrected chi connectivity index (χ4v) is 2.69. The maximum absolute atomic E-state index is 11.2. The number of ether oxygens (including phenoxy) is 2. The average molecular weight is 406 g/mol. The van der Waals surface area contributed by atoms with Gasteiger partial charge < -0.3 is 25.2 Å². The van der Waals surface area contributed by atoms with E-state index in [1.165, 1.54) is 20.4 Å². The Kier molecular flexibility index (Phi) is 6.05. The monoisotopic (exact) mass is 406 g/mol. The van der Waals surface area contributed by atoms with Crippen LogP contribution in [-0.2, 0) is 16.0 Å². The number of esters is 2. The summed E-state index contributed by atoms with van der Waals surface area (Å²) in [6.07, 6.45) is 3.12. The predicted molar refractivity (Wildman–Crippen MR) is 107 cm³/mol. The first-order valence-corrected chi connectivity index (χ1v) is 8.72. The number of aromatic amines is 2. The van der Waals surface area contributed by atoms with E-state index in [2.05, 4.69) is 29.4 Å². The summed E-state index contributed by atoms with van der Waals surface area (Å²) < 4.78 is 9.16. The summed E-state index contributed by atoms with van der Waals surface area (Å²) >= 11 is 0. The number of nitrogens with zero attached hydrogens (tertiary/aromatic N) is 3. The van der Waals surface area contributed by atoms with Crippen LogP contribution >= 0.6 is 0 Å². The van der Waals surface area contributed by atoms with Crippen molar-refractivity contribution in [1.82, 2.24) is 19.9 Å². The normalized spacial score (nSPS) is 10.2. The molecule has 0 saturated heterocycles. The average Bonchev–Trinajstić information content (AvgIpc) is 3.41. The molecule has 30 heavy (non-hydrogen) atoms. The second-order valence-electron chi connectivity index (χ2n) is 6.11. The van der Waals surface area contributed by atoms with E-state index < -0.39 is 11.9 Å². The van der Waals surface area contributed by atoms with Crippen LogP contribution in [0.25, 0.3) is 22.1 Å². The lowest BCUT2D eigenvalue weighted by Gasteiger charge is -1.94. The van der Waals surface area contributed by atoms with Gasteiger partial charge in [0.2, 0.25) is 0 Å². The summed E-state index contributed by atoms with van der Waals surface area (Å²) in [6, 6.07) is 8.84. The molecule has 0 fully saturated rings. The van der Waals surface area contributed by atoms with Crippen molar-refractivity contribution < 1.29 is 19.1 Å². The van der Waals surface area contributed by atoms with Gasteiger partial charge in [0, 0.05) is 29.7 Å². The molecular formula is C20H18N6O4. The molecular weight excluding hydrogens is 388 g/mol. The predicted octanol–water partition coefficient (Wildman–Crippen LogP) is 2.03. The molecule has 0 atom stereocenters. The van der Waals surface area contributed by atoms with Crippen molar-refractivity contribution in [3.05, 3.63) is 59.2 Å². The van der Waals surface area contributed by atoms with Gasteiger partial charge >= 0.3 is 11.9 Å². The molecule has 4 aromatic rings. The first-order chi connectivity index (χ1) is 14.5. The van der Waals surface area contributed by atoms with Gasteiger partial charge in [-0.05, 0) is 29.8 Å². The maximum atomic E-state index is 11.2. The zero-order chi connectivity index (χ0) is 21.7. The van der Waals surface area contributed by atoms with Crippen molar-refractivity contribution in [2.24, 2.45) is 5.73 Å². The molecule has 0 aromatic carbocycles. The smallest absolute Gasteiger partial charge is 0.354 e. The van der Waals surface area contributed by atoms with E-state index in [0.29, 0.717) is 34.8 Å². The van der Waals surface area contributed by atoms with Gasteiger partial charge in [-0.25, -0.2) is 19.6 Å². The summed E-state index contributed by atoms with van der Waals surface area (Å²) in [5.41, 5.74) is 8.83. The molecule has 10 heteroatoms. The Bertz CT molecular complexity index is 1270. The lowest BCUT2D eigenvalue weighted by atomic mass is 10.2. The van der Waals surface area contributed by atoms with Crippen molar-refractivity contribution in [3.63, 3.8) is 0 Å². The van der Waals surface area contributed by atoms with E-state index in [9.17, 15) is 9.59 Å². The number of carbonyl (C=O) groups is 2. The van der Waals surface area contributed by atoms with Gasteiger partial charge in [-0.2, -0.15) is 5.26 Å². The van der Waals surface area contributed by atoms with Gasteiger partial charge in [0.25, 0.3) is 0 Å². The topological polar surface area (TPSA) is 160 Å². The molecule has 0 amide bonds. The Hall–Kier alpha value is -4.23. The van der Waals surface area contributed by atoms with Crippen LogP contribution in [0.1, 0.15) is 32.1 Å². The van der Waals surface area contributed by atoms with Gasteiger partial charge in [-0.15, -0.1) is 0 Å². The Morgan fingerprint density at radius 1 is 0.967 bits per heavy atom. The highest BCUT2D eigenvalue weighted by atomic mass is 16.5. The molecule has 0 aliphatic carbocycles. The number of rotatable bonds is 3. The standard InChI is InChI=1S/C10H11N3O2.C10H7N3O2/c2*1-15-10(14)8-3-7-2-6(4-11)5-12-9(7)13-8/h2-3,5H,4,11H2,1H3,(H,12,13);2-3,5H,1H3,(H,12,13). The fraction of sp³-hybridized carbons (Fsp3) is 0.150. The van der Waals surface area contributed by atoms with Crippen molar-refractivity contribution in [1.29, 1.82) is 5.26 Å². The molecule has 0 spiro atoms. The molecule has 4 aromatic heterocycles. The van der Waals surface area contributed by atoms with Crippen LogP contribution in [0.15, 0.2) is 36.7 Å². The minimum Gasteiger partial charge on any atom is -0.464 e. The van der Waals surface area contributed by atoms with E-state index >= 15 is 0 Å². The molecule has 4 N–H and O–H groups in total. The zero-order valence-electron chi connectivity index (χ0n) is 16.2. The van der Waals surface area contributed by atoms with Gasteiger partial charge in [0.1, 0.15) is 28.8 Å². The number of aromatic nitrogens is 4. The number of nitrogens with one attached hydrogen (secondary N) is 2. The van der Waals surface area contributed by atoms with Crippen molar-refractivity contribution in [3.8, 4) is 6.07 Å². The molecule has 0 radical (unpaired) electrons. The maximum Gasteiger partial charge on any atom is 0.354 e. The fourth-order valence-electron chi connectivity index (χ4n) is 2.69. The summed E-state index contributed by atoms with van der Waals surface area (Å²) in [5, 5.41) is 10.2. The third-order valence-electron chi connectivity index (χ3n) is 4.17. The third-order valence-corrected chi connectivity index (χ3v) is 4.17. The zero-order valence-corrected chi connectivity index (χ0v) is 16.2. The molecule has 4 heterocycles. The summed E-state index contributed by atoms with van der Waals surface area (Å²) in [5.74, 6) is -0.853. The number of hydrogen-bond acceptors (Lipinski definition) is 8. The van der Waals surface area contributed by atoms with Gasteiger partial charge in [0.05, 0.1) is 19.8 Å². The minimum absolute atomic E-state index is 0.329. The lowest BCUT2D eigenvalue weighted by Crippen LogP contribution is -2.00. The first-order valence-electron chi connectivity index (χ1n) is 8.72.